The summed E-state index contributed by atoms with van der Waals surface area (Å²) >= 11 is 0. The van der Waals surface area contributed by atoms with E-state index in [-0.39, 0.29) is 0 Å². The van der Waals surface area contributed by atoms with E-state index in [2.05, 4.69) is 86.2 Å². The molecule has 0 spiro atoms. The summed E-state index contributed by atoms with van der Waals surface area (Å²) in [5.74, 6) is 0. The molecule has 0 saturated carbocycles. The van der Waals surface area contributed by atoms with Crippen LogP contribution in [0, 0.1) is 27.7 Å². The average molecular weight is 302 g/mol. The largest absolute Gasteiger partial charge is 0.354 e. The number of aliphatic imine (C=N–C) groups is 1. The van der Waals surface area contributed by atoms with Crippen LogP contribution in [0.3, 0.4) is 0 Å². The number of benzene rings is 2. The van der Waals surface area contributed by atoms with Crippen molar-refractivity contribution in [3.63, 3.8) is 0 Å². The molecule has 0 aliphatic rings. The van der Waals surface area contributed by atoms with Crippen molar-refractivity contribution < 1.29 is 0 Å². The first kappa shape index (κ1) is 15.3. The first-order chi connectivity index (χ1) is 11.0. The lowest BCUT2D eigenvalue weighted by Crippen LogP contribution is -1.86. The molecule has 0 radical (unpaired) electrons. The van der Waals surface area contributed by atoms with Crippen molar-refractivity contribution in [2.75, 3.05) is 0 Å². The minimum absolute atomic E-state index is 1.02. The van der Waals surface area contributed by atoms with E-state index in [1.807, 2.05) is 6.21 Å². The highest BCUT2D eigenvalue weighted by Gasteiger charge is 2.03. The van der Waals surface area contributed by atoms with Gasteiger partial charge in [0.2, 0.25) is 0 Å². The zero-order valence-electron chi connectivity index (χ0n) is 14.1. The molecule has 1 N–H and O–H groups in total. The van der Waals surface area contributed by atoms with Crippen LogP contribution in [0.1, 0.15) is 27.9 Å². The highest BCUT2D eigenvalue weighted by atomic mass is 14.8. The maximum atomic E-state index is 4.66. The normalized spacial score (nSPS) is 11.3. The zero-order valence-corrected chi connectivity index (χ0v) is 14.1. The van der Waals surface area contributed by atoms with Gasteiger partial charge in [-0.2, -0.15) is 0 Å². The number of nitrogens with one attached hydrogen (secondary N) is 1. The molecule has 0 aliphatic carbocycles. The minimum Gasteiger partial charge on any atom is -0.354 e. The lowest BCUT2D eigenvalue weighted by Gasteiger charge is -2.03. The molecule has 0 unspecified atom stereocenters. The van der Waals surface area contributed by atoms with E-state index in [0.717, 1.165) is 17.1 Å². The summed E-state index contributed by atoms with van der Waals surface area (Å²) in [5, 5.41) is 0. The molecule has 0 aliphatic heterocycles. The van der Waals surface area contributed by atoms with E-state index in [0.29, 0.717) is 0 Å². The summed E-state index contributed by atoms with van der Waals surface area (Å²) in [7, 11) is 0. The van der Waals surface area contributed by atoms with Crippen LogP contribution in [0.15, 0.2) is 53.5 Å². The van der Waals surface area contributed by atoms with Gasteiger partial charge in [-0.25, -0.2) is 0 Å². The van der Waals surface area contributed by atoms with E-state index in [1.165, 1.54) is 27.8 Å². The Bertz CT molecular complexity index is 829. The zero-order chi connectivity index (χ0) is 16.4. The minimum atomic E-state index is 1.02. The number of nitrogens with zero attached hydrogens (tertiary/aromatic N) is 1. The summed E-state index contributed by atoms with van der Waals surface area (Å²) in [6, 6.07) is 17.0. The van der Waals surface area contributed by atoms with Gasteiger partial charge in [-0.05, 0) is 68.7 Å². The maximum absolute atomic E-state index is 4.66. The molecule has 3 rings (SSSR count). The van der Waals surface area contributed by atoms with Crippen LogP contribution >= 0.6 is 0 Å². The molecule has 116 valence electrons. The molecule has 3 aromatic rings. The Balaban J connectivity index is 1.89. The molecule has 1 heterocycles. The number of aromatic amines is 1. The van der Waals surface area contributed by atoms with Gasteiger partial charge in [0.25, 0.3) is 0 Å². The van der Waals surface area contributed by atoms with Gasteiger partial charge in [0.15, 0.2) is 0 Å². The Morgan fingerprint density at radius 2 is 1.48 bits per heavy atom. The smallest absolute Gasteiger partial charge is 0.0688 e. The van der Waals surface area contributed by atoms with Gasteiger partial charge in [0.1, 0.15) is 0 Å². The molecule has 0 amide bonds. The Kier molecular flexibility index (Phi) is 4.16. The third kappa shape index (κ3) is 3.42. The van der Waals surface area contributed by atoms with E-state index < -0.39 is 0 Å². The second-order valence-electron chi connectivity index (χ2n) is 6.20. The van der Waals surface area contributed by atoms with Crippen LogP contribution in [-0.4, -0.2) is 11.2 Å². The molecule has 1 aromatic heterocycles. The average Bonchev–Trinajstić information content (AvgIpc) is 2.95. The number of para-hydroxylation sites is 1. The van der Waals surface area contributed by atoms with Crippen LogP contribution in [0.25, 0.3) is 11.3 Å². The molecular formula is C21H22N2. The fraction of sp³-hybridized carbons (Fsp3) is 0.190. The van der Waals surface area contributed by atoms with Gasteiger partial charge in [0.05, 0.1) is 17.6 Å². The SMILES string of the molecule is Cc1cc(C)cc(-c2ccc(C=Nc3c(C)cccc3C)[nH]2)c1. The summed E-state index contributed by atoms with van der Waals surface area (Å²) < 4.78 is 0. The maximum Gasteiger partial charge on any atom is 0.0688 e. The number of aromatic nitrogens is 1. The molecule has 0 atom stereocenters. The van der Waals surface area contributed by atoms with E-state index >= 15 is 0 Å². The van der Waals surface area contributed by atoms with Crippen molar-refractivity contribution >= 4 is 11.9 Å². The van der Waals surface area contributed by atoms with Crippen LogP contribution < -0.4 is 0 Å². The third-order valence-corrected chi connectivity index (χ3v) is 4.01. The second kappa shape index (κ2) is 6.25. The summed E-state index contributed by atoms with van der Waals surface area (Å²) in [6.07, 6.45) is 1.90. The molecule has 0 fully saturated rings. The Hall–Kier alpha value is -2.61. The lowest BCUT2D eigenvalue weighted by atomic mass is 10.1. The molecule has 2 heteroatoms. The summed E-state index contributed by atoms with van der Waals surface area (Å²) in [4.78, 5) is 8.11. The Morgan fingerprint density at radius 3 is 2.13 bits per heavy atom. The van der Waals surface area contributed by atoms with E-state index in [9.17, 15) is 0 Å². The number of rotatable bonds is 3. The number of hydrogen-bond acceptors (Lipinski definition) is 1. The highest BCUT2D eigenvalue weighted by Crippen LogP contribution is 2.24. The van der Waals surface area contributed by atoms with Crippen molar-refractivity contribution in [3.05, 3.63) is 76.5 Å². The number of aryl methyl sites for hydroxylation is 4. The van der Waals surface area contributed by atoms with Crippen molar-refractivity contribution in [2.45, 2.75) is 27.7 Å². The molecule has 2 aromatic carbocycles. The number of H-pyrrole nitrogens is 1. The van der Waals surface area contributed by atoms with Crippen molar-refractivity contribution in [3.8, 4) is 11.3 Å². The molecule has 0 saturated heterocycles. The van der Waals surface area contributed by atoms with Gasteiger partial charge < -0.3 is 4.98 Å². The monoisotopic (exact) mass is 302 g/mol. The molecule has 23 heavy (non-hydrogen) atoms. The van der Waals surface area contributed by atoms with Gasteiger partial charge in [-0.1, -0.05) is 35.4 Å². The number of hydrogen-bond donors (Lipinski definition) is 1. The first-order valence-corrected chi connectivity index (χ1v) is 7.91. The summed E-state index contributed by atoms with van der Waals surface area (Å²) in [6.45, 7) is 8.44. The topological polar surface area (TPSA) is 28.1 Å². The van der Waals surface area contributed by atoms with E-state index in [1.54, 1.807) is 0 Å². The van der Waals surface area contributed by atoms with Crippen molar-refractivity contribution in [1.82, 2.24) is 4.98 Å². The quantitative estimate of drug-likeness (QED) is 0.604. The van der Waals surface area contributed by atoms with Gasteiger partial charge in [-0.3, -0.25) is 4.99 Å². The fourth-order valence-electron chi connectivity index (χ4n) is 2.93. The Labute approximate surface area is 137 Å². The predicted molar refractivity (Wildman–Crippen MR) is 98.9 cm³/mol. The van der Waals surface area contributed by atoms with Crippen molar-refractivity contribution in [2.24, 2.45) is 4.99 Å². The van der Waals surface area contributed by atoms with Crippen LogP contribution in [0.5, 0.6) is 0 Å². The summed E-state index contributed by atoms with van der Waals surface area (Å²) in [5.41, 5.74) is 9.36. The second-order valence-corrected chi connectivity index (χ2v) is 6.20. The van der Waals surface area contributed by atoms with Crippen LogP contribution in [0.4, 0.5) is 5.69 Å². The fourth-order valence-corrected chi connectivity index (χ4v) is 2.93. The highest BCUT2D eigenvalue weighted by molar-refractivity contribution is 5.82. The van der Waals surface area contributed by atoms with Crippen LogP contribution in [-0.2, 0) is 0 Å². The standard InChI is InChI=1S/C21H22N2/c1-14-10-15(2)12-18(11-14)20-9-8-19(23-20)13-22-21-16(3)6-5-7-17(21)4/h5-13,23H,1-4H3. The Morgan fingerprint density at radius 1 is 0.826 bits per heavy atom. The van der Waals surface area contributed by atoms with Gasteiger partial charge in [0, 0.05) is 5.69 Å². The van der Waals surface area contributed by atoms with E-state index in [4.69, 9.17) is 0 Å². The molecule has 0 bridgehead atoms. The van der Waals surface area contributed by atoms with Crippen LogP contribution in [0.2, 0.25) is 0 Å². The molecular weight excluding hydrogens is 280 g/mol. The third-order valence-electron chi connectivity index (χ3n) is 4.01. The van der Waals surface area contributed by atoms with Crippen molar-refractivity contribution in [1.29, 1.82) is 0 Å². The predicted octanol–water partition coefficient (Wildman–Crippen LogP) is 5.67. The molecule has 2 nitrogen and oxygen atoms in total. The first-order valence-electron chi connectivity index (χ1n) is 7.91. The lowest BCUT2D eigenvalue weighted by molar-refractivity contribution is 1.31. The van der Waals surface area contributed by atoms with Gasteiger partial charge in [-0.15, -0.1) is 0 Å². The van der Waals surface area contributed by atoms with Gasteiger partial charge >= 0.3 is 0 Å².